The Hall–Kier alpha value is -0.0400. The normalized spacial score (nSPS) is 45.6. The molecule has 0 aromatic carbocycles. The molecule has 2 rings (SSSR count). The van der Waals surface area contributed by atoms with Gasteiger partial charge in [0.25, 0.3) is 0 Å². The van der Waals surface area contributed by atoms with Crippen molar-refractivity contribution in [3.63, 3.8) is 0 Å². The summed E-state index contributed by atoms with van der Waals surface area (Å²) < 4.78 is 0. The van der Waals surface area contributed by atoms with Gasteiger partial charge in [0.2, 0.25) is 0 Å². The molecule has 1 N–H and O–H groups in total. The van der Waals surface area contributed by atoms with Crippen molar-refractivity contribution in [2.24, 2.45) is 22.7 Å². The van der Waals surface area contributed by atoms with E-state index in [0.29, 0.717) is 10.8 Å². The van der Waals surface area contributed by atoms with Crippen LogP contribution in [-0.2, 0) is 0 Å². The first kappa shape index (κ1) is 11.4. The number of hydrogen-bond donors (Lipinski definition) is 1. The molecule has 2 aliphatic rings. The van der Waals surface area contributed by atoms with Gasteiger partial charge in [-0.2, -0.15) is 0 Å². The Morgan fingerprint density at radius 1 is 1.00 bits per heavy atom. The van der Waals surface area contributed by atoms with Gasteiger partial charge in [-0.25, -0.2) is 0 Å². The fourth-order valence-electron chi connectivity index (χ4n) is 4.14. The van der Waals surface area contributed by atoms with Gasteiger partial charge in [0.1, 0.15) is 0 Å². The number of rotatable bonds is 0. The lowest BCUT2D eigenvalue weighted by atomic mass is 9.53. The van der Waals surface area contributed by atoms with Crippen molar-refractivity contribution in [2.75, 3.05) is 13.1 Å². The minimum absolute atomic E-state index is 0.593. The summed E-state index contributed by atoms with van der Waals surface area (Å²) in [5.74, 6) is 1.79. The zero-order valence-corrected chi connectivity index (χ0v) is 10.9. The first-order chi connectivity index (χ1) is 6.96. The second kappa shape index (κ2) is 3.76. The van der Waals surface area contributed by atoms with Crippen LogP contribution in [0.1, 0.15) is 53.4 Å². The fraction of sp³-hybridized carbons (Fsp3) is 1.00. The summed E-state index contributed by atoms with van der Waals surface area (Å²) in [6.07, 6.45) is 5.73. The molecule has 1 aliphatic heterocycles. The average molecular weight is 209 g/mol. The lowest BCUT2D eigenvalue weighted by Gasteiger charge is -2.54. The summed E-state index contributed by atoms with van der Waals surface area (Å²) in [6, 6.07) is 0. The van der Waals surface area contributed by atoms with Gasteiger partial charge in [-0.05, 0) is 61.4 Å². The van der Waals surface area contributed by atoms with Crippen molar-refractivity contribution >= 4 is 0 Å². The summed E-state index contributed by atoms with van der Waals surface area (Å²) in [6.45, 7) is 12.3. The molecule has 1 aliphatic carbocycles. The Morgan fingerprint density at radius 3 is 2.33 bits per heavy atom. The predicted octanol–water partition coefficient (Wildman–Crippen LogP) is 3.45. The van der Waals surface area contributed by atoms with Crippen molar-refractivity contribution in [2.45, 2.75) is 53.4 Å². The third kappa shape index (κ3) is 1.95. The monoisotopic (exact) mass is 209 g/mol. The first-order valence-electron chi connectivity index (χ1n) is 6.67. The Labute approximate surface area is 95.0 Å². The highest BCUT2D eigenvalue weighted by Crippen LogP contribution is 2.54. The summed E-state index contributed by atoms with van der Waals surface area (Å²) in [7, 11) is 0. The molecule has 0 bridgehead atoms. The van der Waals surface area contributed by atoms with Crippen LogP contribution in [0.5, 0.6) is 0 Å². The average Bonchev–Trinajstić information content (AvgIpc) is 2.15. The Morgan fingerprint density at radius 2 is 1.73 bits per heavy atom. The second-order valence-corrected chi connectivity index (χ2v) is 6.86. The zero-order chi connectivity index (χ0) is 11.1. The van der Waals surface area contributed by atoms with Crippen molar-refractivity contribution in [1.29, 1.82) is 0 Å². The third-order valence-electron chi connectivity index (χ3n) is 5.31. The van der Waals surface area contributed by atoms with Gasteiger partial charge in [0.15, 0.2) is 0 Å². The van der Waals surface area contributed by atoms with E-state index in [1.54, 1.807) is 0 Å². The first-order valence-corrected chi connectivity index (χ1v) is 6.67. The van der Waals surface area contributed by atoms with Crippen LogP contribution in [0.15, 0.2) is 0 Å². The minimum atomic E-state index is 0.593. The van der Waals surface area contributed by atoms with Crippen molar-refractivity contribution in [3.05, 3.63) is 0 Å². The highest BCUT2D eigenvalue weighted by molar-refractivity contribution is 4.98. The largest absolute Gasteiger partial charge is 0.316 e. The maximum atomic E-state index is 3.55. The van der Waals surface area contributed by atoms with Crippen LogP contribution < -0.4 is 5.32 Å². The highest BCUT2D eigenvalue weighted by Gasteiger charge is 2.47. The van der Waals surface area contributed by atoms with Crippen LogP contribution >= 0.6 is 0 Å². The van der Waals surface area contributed by atoms with E-state index in [-0.39, 0.29) is 0 Å². The number of piperidine rings is 1. The molecule has 1 heteroatoms. The molecule has 1 saturated heterocycles. The van der Waals surface area contributed by atoms with E-state index in [2.05, 4.69) is 33.0 Å². The maximum absolute atomic E-state index is 3.55. The summed E-state index contributed by atoms with van der Waals surface area (Å²) >= 11 is 0. The van der Waals surface area contributed by atoms with E-state index in [9.17, 15) is 0 Å². The van der Waals surface area contributed by atoms with E-state index >= 15 is 0 Å². The standard InChI is InChI=1S/C14H27N/c1-11-9-13(3,4)5-6-14(11)7-8-15-10-12(14)2/h11-12,15H,5-10H2,1-4H3. The molecular weight excluding hydrogens is 182 g/mol. The lowest BCUT2D eigenvalue weighted by molar-refractivity contribution is -0.0281. The molecule has 2 fully saturated rings. The summed E-state index contributed by atoms with van der Waals surface area (Å²) in [4.78, 5) is 0. The second-order valence-electron chi connectivity index (χ2n) is 6.86. The van der Waals surface area contributed by atoms with Gasteiger partial charge < -0.3 is 5.32 Å². The molecule has 0 amide bonds. The predicted molar refractivity (Wildman–Crippen MR) is 65.9 cm³/mol. The molecule has 88 valence electrons. The van der Waals surface area contributed by atoms with E-state index in [1.165, 1.54) is 38.8 Å². The molecule has 3 atom stereocenters. The van der Waals surface area contributed by atoms with Crippen molar-refractivity contribution < 1.29 is 0 Å². The van der Waals surface area contributed by atoms with Crippen LogP contribution in [-0.4, -0.2) is 13.1 Å². The zero-order valence-electron chi connectivity index (χ0n) is 10.9. The van der Waals surface area contributed by atoms with Gasteiger partial charge in [0, 0.05) is 0 Å². The molecule has 1 saturated carbocycles. The van der Waals surface area contributed by atoms with Crippen molar-refractivity contribution in [3.8, 4) is 0 Å². The third-order valence-corrected chi connectivity index (χ3v) is 5.31. The van der Waals surface area contributed by atoms with Gasteiger partial charge in [-0.1, -0.05) is 27.7 Å². The molecule has 1 heterocycles. The van der Waals surface area contributed by atoms with Crippen LogP contribution in [0.25, 0.3) is 0 Å². The Kier molecular flexibility index (Phi) is 2.87. The quantitative estimate of drug-likeness (QED) is 0.644. The highest BCUT2D eigenvalue weighted by atomic mass is 14.9. The van der Waals surface area contributed by atoms with Gasteiger partial charge >= 0.3 is 0 Å². The van der Waals surface area contributed by atoms with Crippen LogP contribution in [0.4, 0.5) is 0 Å². The fourth-order valence-corrected chi connectivity index (χ4v) is 4.14. The maximum Gasteiger partial charge on any atom is -0.00177 e. The Balaban J connectivity index is 2.14. The Bertz CT molecular complexity index is 233. The molecule has 0 aromatic rings. The molecule has 1 spiro atoms. The molecule has 1 nitrogen and oxygen atoms in total. The number of nitrogens with one attached hydrogen (secondary N) is 1. The molecule has 0 aromatic heterocycles. The summed E-state index contributed by atoms with van der Waals surface area (Å²) in [5.41, 5.74) is 1.26. The topological polar surface area (TPSA) is 12.0 Å². The van der Waals surface area contributed by atoms with Gasteiger partial charge in [-0.15, -0.1) is 0 Å². The van der Waals surface area contributed by atoms with Crippen LogP contribution in [0.2, 0.25) is 0 Å². The van der Waals surface area contributed by atoms with Crippen molar-refractivity contribution in [1.82, 2.24) is 5.32 Å². The smallest absolute Gasteiger partial charge is 0.00177 e. The molecular formula is C14H27N. The van der Waals surface area contributed by atoms with E-state index in [0.717, 1.165) is 11.8 Å². The minimum Gasteiger partial charge on any atom is -0.316 e. The molecule has 3 unspecified atom stereocenters. The SMILES string of the molecule is CC1CNCCC12CCC(C)(C)CC2C. The lowest BCUT2D eigenvalue weighted by Crippen LogP contribution is -2.50. The van der Waals surface area contributed by atoms with Gasteiger partial charge in [-0.3, -0.25) is 0 Å². The van der Waals surface area contributed by atoms with Crippen LogP contribution in [0.3, 0.4) is 0 Å². The van der Waals surface area contributed by atoms with E-state index in [4.69, 9.17) is 0 Å². The van der Waals surface area contributed by atoms with Gasteiger partial charge in [0.05, 0.1) is 0 Å². The van der Waals surface area contributed by atoms with E-state index < -0.39 is 0 Å². The van der Waals surface area contributed by atoms with E-state index in [1.807, 2.05) is 0 Å². The summed E-state index contributed by atoms with van der Waals surface area (Å²) in [5, 5.41) is 3.55. The number of hydrogen-bond acceptors (Lipinski definition) is 1. The molecule has 15 heavy (non-hydrogen) atoms. The molecule has 0 radical (unpaired) electrons. The van der Waals surface area contributed by atoms with Crippen LogP contribution in [0, 0.1) is 22.7 Å².